The van der Waals surface area contributed by atoms with E-state index < -0.39 is 15.1 Å². The van der Waals surface area contributed by atoms with Crippen LogP contribution >= 0.6 is 11.6 Å². The molecule has 2 aliphatic heterocycles. The van der Waals surface area contributed by atoms with Crippen LogP contribution in [0.3, 0.4) is 0 Å². The minimum Gasteiger partial charge on any atom is -0.380 e. The number of rotatable bonds is 1. The maximum Gasteiger partial charge on any atom is 0.255 e. The Morgan fingerprint density at radius 1 is 1.41 bits per heavy atom. The van der Waals surface area contributed by atoms with Crippen LogP contribution < -0.4 is 0 Å². The van der Waals surface area contributed by atoms with E-state index in [1.807, 2.05) is 13.0 Å². The minimum atomic E-state index is -3.20. The molecule has 0 unspecified atom stereocenters. The third-order valence-corrected chi connectivity index (χ3v) is 6.80. The summed E-state index contributed by atoms with van der Waals surface area (Å²) in [7, 11) is -3.20. The highest BCUT2D eigenvalue weighted by Gasteiger charge is 2.45. The van der Waals surface area contributed by atoms with Crippen molar-refractivity contribution in [3.63, 3.8) is 0 Å². The van der Waals surface area contributed by atoms with Crippen molar-refractivity contribution in [2.24, 2.45) is 0 Å². The fourth-order valence-electron chi connectivity index (χ4n) is 3.14. The number of halogens is 1. The third kappa shape index (κ3) is 2.75. The average molecular weight is 344 g/mol. The highest BCUT2D eigenvalue weighted by atomic mass is 35.5. The van der Waals surface area contributed by atoms with Gasteiger partial charge in [0.2, 0.25) is 0 Å². The van der Waals surface area contributed by atoms with E-state index in [9.17, 15) is 13.2 Å². The van der Waals surface area contributed by atoms with Gasteiger partial charge in [-0.15, -0.1) is 0 Å². The van der Waals surface area contributed by atoms with E-state index in [2.05, 4.69) is 0 Å². The van der Waals surface area contributed by atoms with Crippen molar-refractivity contribution in [2.45, 2.75) is 24.6 Å². The summed E-state index contributed by atoms with van der Waals surface area (Å²) in [5.74, 6) is -0.218. The number of amides is 1. The Labute approximate surface area is 135 Å². The van der Waals surface area contributed by atoms with Crippen LogP contribution in [0.1, 0.15) is 22.3 Å². The molecule has 1 amide bonds. The van der Waals surface area contributed by atoms with E-state index in [1.165, 1.54) is 0 Å². The first-order valence-corrected chi connectivity index (χ1v) is 9.36. The van der Waals surface area contributed by atoms with Crippen LogP contribution in [-0.2, 0) is 14.6 Å². The maximum absolute atomic E-state index is 12.8. The molecule has 5 nitrogen and oxygen atoms in total. The molecule has 0 bridgehead atoms. The third-order valence-electron chi connectivity index (χ3n) is 4.36. The number of ether oxygens (including phenoxy) is 1. The van der Waals surface area contributed by atoms with E-state index in [0.717, 1.165) is 5.56 Å². The van der Waals surface area contributed by atoms with Crippen molar-refractivity contribution < 1.29 is 17.9 Å². The fourth-order valence-corrected chi connectivity index (χ4v) is 5.28. The second kappa shape index (κ2) is 5.83. The zero-order chi connectivity index (χ0) is 15.9. The highest BCUT2D eigenvalue weighted by Crippen LogP contribution is 2.29. The predicted molar refractivity (Wildman–Crippen MR) is 84.0 cm³/mol. The van der Waals surface area contributed by atoms with Crippen molar-refractivity contribution in [1.82, 2.24) is 4.90 Å². The second-order valence-electron chi connectivity index (χ2n) is 5.82. The van der Waals surface area contributed by atoms with Gasteiger partial charge in [0.1, 0.15) is 5.25 Å². The maximum atomic E-state index is 12.8. The summed E-state index contributed by atoms with van der Waals surface area (Å²) in [6.45, 7) is 2.76. The van der Waals surface area contributed by atoms with E-state index >= 15 is 0 Å². The standard InChI is InChI=1S/C15H18ClNO4S/c1-10-2-3-11(12(16)8-10)15(18)17-5-7-22(19,20)14-9-21-6-4-13(14)17/h2-3,8,13-14H,4-7,9H2,1H3/t13-,14-/m1/s1. The number of benzene rings is 1. The number of aryl methyl sites for hydroxylation is 1. The number of hydrogen-bond donors (Lipinski definition) is 0. The van der Waals surface area contributed by atoms with Gasteiger partial charge in [-0.1, -0.05) is 17.7 Å². The van der Waals surface area contributed by atoms with Crippen molar-refractivity contribution >= 4 is 27.3 Å². The number of carbonyl (C=O) groups is 1. The van der Waals surface area contributed by atoms with Crippen LogP contribution in [0.2, 0.25) is 5.02 Å². The van der Waals surface area contributed by atoms with Gasteiger partial charge in [0.25, 0.3) is 5.91 Å². The summed E-state index contributed by atoms with van der Waals surface area (Å²) in [5.41, 5.74) is 1.41. The Morgan fingerprint density at radius 2 is 2.18 bits per heavy atom. The van der Waals surface area contributed by atoms with Crippen LogP contribution in [0.15, 0.2) is 18.2 Å². The normalized spacial score (nSPS) is 27.3. The number of sulfone groups is 1. The Bertz CT molecular complexity index is 703. The van der Waals surface area contributed by atoms with Gasteiger partial charge in [-0.05, 0) is 31.0 Å². The Hall–Kier alpha value is -1.11. The molecular weight excluding hydrogens is 326 g/mol. The first-order valence-electron chi connectivity index (χ1n) is 7.26. The van der Waals surface area contributed by atoms with Crippen molar-refractivity contribution in [2.75, 3.05) is 25.5 Å². The Morgan fingerprint density at radius 3 is 2.91 bits per heavy atom. The second-order valence-corrected chi connectivity index (χ2v) is 8.56. The molecule has 7 heteroatoms. The predicted octanol–water partition coefficient (Wildman–Crippen LogP) is 1.68. The smallest absolute Gasteiger partial charge is 0.255 e. The highest BCUT2D eigenvalue weighted by molar-refractivity contribution is 7.92. The first kappa shape index (κ1) is 15.8. The van der Waals surface area contributed by atoms with Crippen LogP contribution in [0.25, 0.3) is 0 Å². The number of hydrogen-bond acceptors (Lipinski definition) is 4. The zero-order valence-corrected chi connectivity index (χ0v) is 13.9. The van der Waals surface area contributed by atoms with Crippen LogP contribution in [0.4, 0.5) is 0 Å². The van der Waals surface area contributed by atoms with Crippen molar-refractivity contribution in [3.8, 4) is 0 Å². The summed E-state index contributed by atoms with van der Waals surface area (Å²) in [6.07, 6.45) is 0.541. The number of fused-ring (bicyclic) bond motifs is 1. The molecule has 22 heavy (non-hydrogen) atoms. The van der Waals surface area contributed by atoms with E-state index in [1.54, 1.807) is 17.0 Å². The molecule has 0 aliphatic carbocycles. The van der Waals surface area contributed by atoms with Gasteiger partial charge in [-0.2, -0.15) is 0 Å². The van der Waals surface area contributed by atoms with E-state index in [-0.39, 0.29) is 30.9 Å². The largest absolute Gasteiger partial charge is 0.380 e. The fraction of sp³-hybridized carbons (Fsp3) is 0.533. The molecule has 0 radical (unpaired) electrons. The molecule has 2 aliphatic rings. The van der Waals surface area contributed by atoms with Crippen molar-refractivity contribution in [1.29, 1.82) is 0 Å². The van der Waals surface area contributed by atoms with Gasteiger partial charge in [0, 0.05) is 13.2 Å². The molecule has 0 spiro atoms. The Balaban J connectivity index is 1.92. The summed E-state index contributed by atoms with van der Waals surface area (Å²) < 4.78 is 29.7. The average Bonchev–Trinajstić information content (AvgIpc) is 2.47. The molecule has 1 aromatic rings. The van der Waals surface area contributed by atoms with Gasteiger partial charge < -0.3 is 9.64 Å². The lowest BCUT2D eigenvalue weighted by atomic mass is 10.0. The summed E-state index contributed by atoms with van der Waals surface area (Å²) in [5, 5.41) is -0.217. The summed E-state index contributed by atoms with van der Waals surface area (Å²) in [6, 6.07) is 4.97. The molecular formula is C15H18ClNO4S. The zero-order valence-electron chi connectivity index (χ0n) is 12.3. The lowest BCUT2D eigenvalue weighted by Crippen LogP contribution is -2.60. The Kier molecular flexibility index (Phi) is 4.18. The molecule has 2 atom stereocenters. The van der Waals surface area contributed by atoms with Crippen molar-refractivity contribution in [3.05, 3.63) is 34.3 Å². The first-order chi connectivity index (χ1) is 10.4. The van der Waals surface area contributed by atoms with Gasteiger partial charge >= 0.3 is 0 Å². The van der Waals surface area contributed by atoms with Gasteiger partial charge in [-0.25, -0.2) is 8.42 Å². The molecule has 0 aromatic heterocycles. The monoisotopic (exact) mass is 343 g/mol. The number of nitrogens with zero attached hydrogens (tertiary/aromatic N) is 1. The molecule has 2 fully saturated rings. The van der Waals surface area contributed by atoms with Crippen LogP contribution in [0, 0.1) is 6.92 Å². The van der Waals surface area contributed by atoms with Gasteiger partial charge in [0.05, 0.1) is 29.0 Å². The van der Waals surface area contributed by atoms with Gasteiger partial charge in [0.15, 0.2) is 9.84 Å². The molecule has 2 heterocycles. The van der Waals surface area contributed by atoms with E-state index in [0.29, 0.717) is 23.6 Å². The quantitative estimate of drug-likeness (QED) is 0.778. The summed E-state index contributed by atoms with van der Waals surface area (Å²) in [4.78, 5) is 14.5. The molecule has 2 saturated heterocycles. The SMILES string of the molecule is Cc1ccc(C(=O)N2CCS(=O)(=O)[C@@H]3COCC[C@H]32)c(Cl)c1. The lowest BCUT2D eigenvalue weighted by molar-refractivity contribution is 0.0294. The van der Waals surface area contributed by atoms with Crippen LogP contribution in [0.5, 0.6) is 0 Å². The molecule has 0 N–H and O–H groups in total. The molecule has 120 valence electrons. The van der Waals surface area contributed by atoms with Gasteiger partial charge in [-0.3, -0.25) is 4.79 Å². The minimum absolute atomic E-state index is 0.0211. The molecule has 0 saturated carbocycles. The van der Waals surface area contributed by atoms with Crippen LogP contribution in [-0.4, -0.2) is 56.0 Å². The van der Waals surface area contributed by atoms with E-state index in [4.69, 9.17) is 16.3 Å². The number of carbonyl (C=O) groups excluding carboxylic acids is 1. The molecule has 1 aromatic carbocycles. The summed E-state index contributed by atoms with van der Waals surface area (Å²) >= 11 is 6.18. The topological polar surface area (TPSA) is 63.7 Å². The lowest BCUT2D eigenvalue weighted by Gasteiger charge is -2.43. The molecule has 3 rings (SSSR count).